The van der Waals surface area contributed by atoms with Crippen LogP contribution >= 0.6 is 0 Å². The van der Waals surface area contributed by atoms with E-state index in [1.807, 2.05) is 31.2 Å². The molecule has 0 aliphatic carbocycles. The van der Waals surface area contributed by atoms with Gasteiger partial charge in [0.25, 0.3) is 0 Å². The molecule has 1 aromatic carbocycles. The van der Waals surface area contributed by atoms with E-state index in [-0.39, 0.29) is 6.03 Å². The maximum atomic E-state index is 12.5. The minimum atomic E-state index is -0.978. The number of nitrogens with one attached hydrogen (secondary N) is 1. The topological polar surface area (TPSA) is 69.6 Å². The Balaban J connectivity index is 2.16. The fourth-order valence-corrected chi connectivity index (χ4v) is 2.68. The zero-order valence-corrected chi connectivity index (χ0v) is 12.3. The van der Waals surface area contributed by atoms with Crippen LogP contribution < -0.4 is 10.2 Å². The zero-order valence-electron chi connectivity index (χ0n) is 12.3. The van der Waals surface area contributed by atoms with Gasteiger partial charge >= 0.3 is 12.0 Å². The Bertz CT molecular complexity index is 516. The van der Waals surface area contributed by atoms with E-state index in [1.165, 1.54) is 0 Å². The van der Waals surface area contributed by atoms with Crippen LogP contribution in [0.4, 0.5) is 10.5 Å². The van der Waals surface area contributed by atoms with Gasteiger partial charge in [-0.2, -0.15) is 0 Å². The van der Waals surface area contributed by atoms with Crippen LogP contribution in [0, 0.1) is 0 Å². The summed E-state index contributed by atoms with van der Waals surface area (Å²) in [5.41, 5.74) is 2.04. The van der Waals surface area contributed by atoms with Crippen LogP contribution in [-0.4, -0.2) is 29.7 Å². The Morgan fingerprint density at radius 2 is 2.10 bits per heavy atom. The van der Waals surface area contributed by atoms with E-state index in [0.717, 1.165) is 30.5 Å². The van der Waals surface area contributed by atoms with Gasteiger partial charge < -0.3 is 10.4 Å². The normalized spacial score (nSPS) is 15.8. The molecule has 1 atom stereocenters. The summed E-state index contributed by atoms with van der Waals surface area (Å²) in [6.07, 6.45) is 4.08. The van der Waals surface area contributed by atoms with E-state index in [1.54, 1.807) is 4.90 Å². The first kappa shape index (κ1) is 15.4. The Morgan fingerprint density at radius 3 is 2.81 bits per heavy atom. The van der Waals surface area contributed by atoms with Crippen molar-refractivity contribution < 1.29 is 14.7 Å². The highest BCUT2D eigenvalue weighted by Crippen LogP contribution is 2.26. The molecule has 1 heterocycles. The number of carboxylic acids is 1. The first-order valence-corrected chi connectivity index (χ1v) is 7.52. The van der Waals surface area contributed by atoms with E-state index in [4.69, 9.17) is 5.11 Å². The van der Waals surface area contributed by atoms with Crippen molar-refractivity contribution in [2.24, 2.45) is 0 Å². The predicted octanol–water partition coefficient (Wildman–Crippen LogP) is 2.79. The number of nitrogens with zero attached hydrogens (tertiary/aromatic N) is 1. The van der Waals surface area contributed by atoms with Crippen molar-refractivity contribution in [3.63, 3.8) is 0 Å². The zero-order chi connectivity index (χ0) is 15.2. The molecular weight excluding hydrogens is 268 g/mol. The van der Waals surface area contributed by atoms with Crippen LogP contribution in [0.5, 0.6) is 0 Å². The maximum absolute atomic E-state index is 12.5. The Hall–Kier alpha value is -2.04. The van der Waals surface area contributed by atoms with Gasteiger partial charge in [-0.15, -0.1) is 0 Å². The smallest absolute Gasteiger partial charge is 0.326 e. The molecule has 0 unspecified atom stereocenters. The highest BCUT2D eigenvalue weighted by molar-refractivity contribution is 5.95. The van der Waals surface area contributed by atoms with Gasteiger partial charge in [0.05, 0.1) is 0 Å². The Morgan fingerprint density at radius 1 is 1.33 bits per heavy atom. The molecule has 2 rings (SSSR count). The molecule has 114 valence electrons. The van der Waals surface area contributed by atoms with Crippen molar-refractivity contribution in [3.05, 3.63) is 29.8 Å². The quantitative estimate of drug-likeness (QED) is 0.896. The van der Waals surface area contributed by atoms with E-state index in [0.29, 0.717) is 19.4 Å². The molecule has 0 saturated carbocycles. The monoisotopic (exact) mass is 290 g/mol. The lowest BCUT2D eigenvalue weighted by Crippen LogP contribution is -2.48. The number of hydrogen-bond acceptors (Lipinski definition) is 2. The van der Waals surface area contributed by atoms with Gasteiger partial charge in [-0.25, -0.2) is 9.59 Å². The van der Waals surface area contributed by atoms with Crippen LogP contribution in [0.2, 0.25) is 0 Å². The number of hydrogen-bond donors (Lipinski definition) is 2. The number of carbonyl (C=O) groups excluding carboxylic acids is 1. The molecule has 5 nitrogen and oxygen atoms in total. The number of rotatable bonds is 4. The van der Waals surface area contributed by atoms with Gasteiger partial charge in [0.15, 0.2) is 0 Å². The number of fused-ring (bicyclic) bond motifs is 1. The average molecular weight is 290 g/mol. The molecule has 1 aromatic rings. The van der Waals surface area contributed by atoms with Crippen LogP contribution in [0.1, 0.15) is 38.2 Å². The number of aliphatic carboxylic acids is 1. The first-order valence-electron chi connectivity index (χ1n) is 7.52. The summed E-state index contributed by atoms with van der Waals surface area (Å²) in [5.74, 6) is -0.978. The summed E-state index contributed by atoms with van der Waals surface area (Å²) >= 11 is 0. The molecular formula is C16H22N2O3. The number of benzene rings is 1. The minimum absolute atomic E-state index is 0.315. The number of carboxylic acid groups (broad SMARTS) is 1. The van der Waals surface area contributed by atoms with Gasteiger partial charge in [0.1, 0.15) is 6.04 Å². The molecule has 0 radical (unpaired) electrons. The molecule has 2 amide bonds. The van der Waals surface area contributed by atoms with Gasteiger partial charge in [-0.1, -0.05) is 31.5 Å². The number of aryl methyl sites for hydroxylation is 1. The molecule has 5 heteroatoms. The molecule has 1 aliphatic rings. The summed E-state index contributed by atoms with van der Waals surface area (Å²) in [7, 11) is 0. The Kier molecular flexibility index (Phi) is 5.20. The largest absolute Gasteiger partial charge is 0.480 e. The second-order valence-electron chi connectivity index (χ2n) is 5.37. The lowest BCUT2D eigenvalue weighted by molar-refractivity contribution is -0.139. The van der Waals surface area contributed by atoms with Crippen molar-refractivity contribution >= 4 is 17.7 Å². The molecule has 21 heavy (non-hydrogen) atoms. The van der Waals surface area contributed by atoms with E-state index < -0.39 is 12.0 Å². The number of urea groups is 1. The molecule has 0 spiro atoms. The molecule has 0 fully saturated rings. The minimum Gasteiger partial charge on any atom is -0.480 e. The first-order chi connectivity index (χ1) is 10.1. The third-order valence-corrected chi connectivity index (χ3v) is 3.78. The third kappa shape index (κ3) is 3.74. The van der Waals surface area contributed by atoms with E-state index in [2.05, 4.69) is 5.32 Å². The van der Waals surface area contributed by atoms with Crippen molar-refractivity contribution in [2.75, 3.05) is 11.4 Å². The summed E-state index contributed by atoms with van der Waals surface area (Å²) in [5, 5.41) is 11.8. The number of amides is 2. The molecule has 0 bridgehead atoms. The maximum Gasteiger partial charge on any atom is 0.326 e. The lowest BCUT2D eigenvalue weighted by atomic mass is 10.1. The second-order valence-corrected chi connectivity index (χ2v) is 5.37. The van der Waals surface area contributed by atoms with Gasteiger partial charge in [-0.05, 0) is 37.3 Å². The van der Waals surface area contributed by atoms with Crippen LogP contribution in [0.15, 0.2) is 24.3 Å². The van der Waals surface area contributed by atoms with Crippen molar-refractivity contribution in [1.29, 1.82) is 0 Å². The van der Waals surface area contributed by atoms with Gasteiger partial charge in [-0.3, -0.25) is 4.90 Å². The molecule has 1 aliphatic heterocycles. The van der Waals surface area contributed by atoms with Crippen molar-refractivity contribution in [3.8, 4) is 0 Å². The van der Waals surface area contributed by atoms with Gasteiger partial charge in [0.2, 0.25) is 0 Å². The number of carbonyl (C=O) groups is 2. The van der Waals surface area contributed by atoms with Crippen molar-refractivity contribution in [2.45, 2.75) is 45.1 Å². The second kappa shape index (κ2) is 7.11. The summed E-state index contributed by atoms with van der Waals surface area (Å²) in [6, 6.07) is 6.70. The lowest BCUT2D eigenvalue weighted by Gasteiger charge is -2.25. The summed E-state index contributed by atoms with van der Waals surface area (Å²) in [6.45, 7) is 2.53. The summed E-state index contributed by atoms with van der Waals surface area (Å²) in [4.78, 5) is 25.3. The number of anilines is 1. The van der Waals surface area contributed by atoms with E-state index >= 15 is 0 Å². The highest BCUT2D eigenvalue weighted by Gasteiger charge is 2.25. The molecule has 2 N–H and O–H groups in total. The molecule has 0 saturated heterocycles. The fraction of sp³-hybridized carbons (Fsp3) is 0.500. The third-order valence-electron chi connectivity index (χ3n) is 3.78. The summed E-state index contributed by atoms with van der Waals surface area (Å²) < 4.78 is 0. The van der Waals surface area contributed by atoms with Crippen molar-refractivity contribution in [1.82, 2.24) is 5.32 Å². The van der Waals surface area contributed by atoms with Gasteiger partial charge in [0, 0.05) is 12.2 Å². The number of para-hydroxylation sites is 1. The standard InChI is InChI=1S/C16H22N2O3/c1-2-7-13(15(19)20)17-16(21)18-11-6-5-9-12-8-3-4-10-14(12)18/h3-4,8,10,13H,2,5-7,9,11H2,1H3,(H,17,21)(H,19,20)/t13-/m0/s1. The van der Waals surface area contributed by atoms with Crippen LogP contribution in [-0.2, 0) is 11.2 Å². The Labute approximate surface area is 125 Å². The predicted molar refractivity (Wildman–Crippen MR) is 81.6 cm³/mol. The van der Waals surface area contributed by atoms with E-state index in [9.17, 15) is 9.59 Å². The SMILES string of the molecule is CCC[C@H](NC(=O)N1CCCCc2ccccc21)C(=O)O. The van der Waals surface area contributed by atoms with Crippen LogP contribution in [0.25, 0.3) is 0 Å². The highest BCUT2D eigenvalue weighted by atomic mass is 16.4. The molecule has 0 aromatic heterocycles. The average Bonchev–Trinajstić information content (AvgIpc) is 2.69. The van der Waals surface area contributed by atoms with Crippen LogP contribution in [0.3, 0.4) is 0 Å². The fourth-order valence-electron chi connectivity index (χ4n) is 2.68.